The smallest absolute Gasteiger partial charge is 0.251 e. The highest BCUT2D eigenvalue weighted by Crippen LogP contribution is 2.05. The van der Waals surface area contributed by atoms with Gasteiger partial charge in [-0.25, -0.2) is 0 Å². The molecule has 18 heavy (non-hydrogen) atoms. The first-order chi connectivity index (χ1) is 8.69. The quantitative estimate of drug-likeness (QED) is 0.639. The fraction of sp³-hybridized carbons (Fsp3) is 0.385. The number of nitrogens with one attached hydrogen (secondary N) is 3. The van der Waals surface area contributed by atoms with Gasteiger partial charge in [-0.2, -0.15) is 0 Å². The summed E-state index contributed by atoms with van der Waals surface area (Å²) in [6.45, 7) is 4.19. The van der Waals surface area contributed by atoms with Gasteiger partial charge in [0.05, 0.1) is 0 Å². The van der Waals surface area contributed by atoms with Crippen molar-refractivity contribution < 1.29 is 9.59 Å². The molecule has 0 spiro atoms. The fourth-order valence-electron chi connectivity index (χ4n) is 1.49. The molecule has 98 valence electrons. The third-order valence-electron chi connectivity index (χ3n) is 2.45. The summed E-state index contributed by atoms with van der Waals surface area (Å²) in [7, 11) is 1.56. The van der Waals surface area contributed by atoms with Gasteiger partial charge in [0, 0.05) is 31.3 Å². The average molecular weight is 249 g/mol. The van der Waals surface area contributed by atoms with Crippen molar-refractivity contribution in [1.82, 2.24) is 16.0 Å². The summed E-state index contributed by atoms with van der Waals surface area (Å²) in [5.41, 5.74) is 0.976. The first-order valence-corrected chi connectivity index (χ1v) is 6.00. The van der Waals surface area contributed by atoms with E-state index in [0.717, 1.165) is 13.1 Å². The van der Waals surface area contributed by atoms with Gasteiger partial charge in [0.2, 0.25) is 0 Å². The standard InChI is InChI=1S/C13H19N3O2/c1-3-15-7-8-16-13(18)11-6-4-5-10(9-11)12(17)14-2/h4-6,9,15H,3,7-8H2,1-2H3,(H,14,17)(H,16,18). The molecule has 0 aliphatic rings. The van der Waals surface area contributed by atoms with Crippen molar-refractivity contribution in [1.29, 1.82) is 0 Å². The number of hydrogen-bond donors (Lipinski definition) is 3. The molecule has 0 atom stereocenters. The van der Waals surface area contributed by atoms with Crippen molar-refractivity contribution in [3.63, 3.8) is 0 Å². The van der Waals surface area contributed by atoms with E-state index < -0.39 is 0 Å². The lowest BCUT2D eigenvalue weighted by Crippen LogP contribution is -2.31. The van der Waals surface area contributed by atoms with Gasteiger partial charge in [-0.15, -0.1) is 0 Å². The van der Waals surface area contributed by atoms with Crippen LogP contribution in [0.15, 0.2) is 24.3 Å². The second-order valence-electron chi connectivity index (χ2n) is 3.77. The molecule has 3 N–H and O–H groups in total. The second kappa shape index (κ2) is 7.45. The summed E-state index contributed by atoms with van der Waals surface area (Å²) in [4.78, 5) is 23.2. The molecule has 0 fully saturated rings. The lowest BCUT2D eigenvalue weighted by Gasteiger charge is -2.06. The van der Waals surface area contributed by atoms with Gasteiger partial charge >= 0.3 is 0 Å². The van der Waals surface area contributed by atoms with E-state index in [0.29, 0.717) is 17.7 Å². The molecule has 0 aliphatic carbocycles. The molecule has 5 nitrogen and oxygen atoms in total. The normalized spacial score (nSPS) is 9.89. The maximum atomic E-state index is 11.8. The van der Waals surface area contributed by atoms with Gasteiger partial charge in [-0.05, 0) is 24.7 Å². The highest BCUT2D eigenvalue weighted by Gasteiger charge is 2.08. The third kappa shape index (κ3) is 4.18. The zero-order valence-electron chi connectivity index (χ0n) is 10.7. The van der Waals surface area contributed by atoms with E-state index in [1.807, 2.05) is 6.92 Å². The molecule has 0 aromatic heterocycles. The summed E-state index contributed by atoms with van der Waals surface area (Å²) in [5, 5.41) is 8.43. The number of amides is 2. The number of carbonyl (C=O) groups is 2. The Morgan fingerprint density at radius 2 is 1.78 bits per heavy atom. The molecule has 1 rings (SSSR count). The Morgan fingerprint density at radius 3 is 2.39 bits per heavy atom. The molecule has 0 saturated carbocycles. The van der Waals surface area contributed by atoms with Gasteiger partial charge < -0.3 is 16.0 Å². The predicted molar refractivity (Wildman–Crippen MR) is 70.7 cm³/mol. The van der Waals surface area contributed by atoms with Crippen LogP contribution >= 0.6 is 0 Å². The molecule has 0 aliphatic heterocycles. The van der Waals surface area contributed by atoms with Crippen molar-refractivity contribution in [3.05, 3.63) is 35.4 Å². The fourth-order valence-corrected chi connectivity index (χ4v) is 1.49. The number of hydrogen-bond acceptors (Lipinski definition) is 3. The molecular weight excluding hydrogens is 230 g/mol. The Labute approximate surface area is 107 Å². The van der Waals surface area contributed by atoms with Crippen LogP contribution in [-0.2, 0) is 0 Å². The van der Waals surface area contributed by atoms with E-state index in [1.165, 1.54) is 0 Å². The monoisotopic (exact) mass is 249 g/mol. The van der Waals surface area contributed by atoms with Crippen LogP contribution in [0.5, 0.6) is 0 Å². The number of carbonyl (C=O) groups excluding carboxylic acids is 2. The SMILES string of the molecule is CCNCCNC(=O)c1cccc(C(=O)NC)c1. The largest absolute Gasteiger partial charge is 0.355 e. The first-order valence-electron chi connectivity index (χ1n) is 6.00. The summed E-state index contributed by atoms with van der Waals surface area (Å²) in [6.07, 6.45) is 0. The van der Waals surface area contributed by atoms with Crippen LogP contribution in [0.4, 0.5) is 0 Å². The Balaban J connectivity index is 2.60. The summed E-state index contributed by atoms with van der Waals surface area (Å²) in [5.74, 6) is -0.365. The van der Waals surface area contributed by atoms with E-state index in [-0.39, 0.29) is 11.8 Å². The molecular formula is C13H19N3O2. The zero-order valence-corrected chi connectivity index (χ0v) is 10.7. The molecule has 0 radical (unpaired) electrons. The Kier molecular flexibility index (Phi) is 5.87. The minimum absolute atomic E-state index is 0.168. The number of likely N-dealkylation sites (N-methyl/N-ethyl adjacent to an activating group) is 1. The van der Waals surface area contributed by atoms with Gasteiger partial charge in [0.25, 0.3) is 11.8 Å². The van der Waals surface area contributed by atoms with Gasteiger partial charge in [0.15, 0.2) is 0 Å². The minimum atomic E-state index is -0.197. The van der Waals surface area contributed by atoms with Crippen LogP contribution in [0.3, 0.4) is 0 Å². The Hall–Kier alpha value is -1.88. The van der Waals surface area contributed by atoms with E-state index in [9.17, 15) is 9.59 Å². The Morgan fingerprint density at radius 1 is 1.11 bits per heavy atom. The third-order valence-corrected chi connectivity index (χ3v) is 2.45. The highest BCUT2D eigenvalue weighted by atomic mass is 16.2. The Bertz CT molecular complexity index is 418. The van der Waals surface area contributed by atoms with Gasteiger partial charge in [-0.3, -0.25) is 9.59 Å². The maximum Gasteiger partial charge on any atom is 0.251 e. The van der Waals surface area contributed by atoms with Crippen molar-refractivity contribution in [2.75, 3.05) is 26.7 Å². The molecule has 0 saturated heterocycles. The predicted octanol–water partition coefficient (Wildman–Crippen LogP) is 0.385. The summed E-state index contributed by atoms with van der Waals surface area (Å²) >= 11 is 0. The lowest BCUT2D eigenvalue weighted by atomic mass is 10.1. The minimum Gasteiger partial charge on any atom is -0.355 e. The second-order valence-corrected chi connectivity index (χ2v) is 3.77. The van der Waals surface area contributed by atoms with Gasteiger partial charge in [0.1, 0.15) is 0 Å². The molecule has 5 heteroatoms. The average Bonchev–Trinajstić information content (AvgIpc) is 2.42. The topological polar surface area (TPSA) is 70.2 Å². The molecule has 0 heterocycles. The van der Waals surface area contributed by atoms with E-state index in [2.05, 4.69) is 16.0 Å². The molecule has 1 aromatic rings. The van der Waals surface area contributed by atoms with Crippen LogP contribution in [0.1, 0.15) is 27.6 Å². The number of benzene rings is 1. The van der Waals surface area contributed by atoms with Crippen LogP contribution in [0.25, 0.3) is 0 Å². The van der Waals surface area contributed by atoms with E-state index in [1.54, 1.807) is 31.3 Å². The molecule has 0 unspecified atom stereocenters. The molecule has 0 bridgehead atoms. The maximum absolute atomic E-state index is 11.8. The van der Waals surface area contributed by atoms with E-state index >= 15 is 0 Å². The number of rotatable bonds is 6. The van der Waals surface area contributed by atoms with E-state index in [4.69, 9.17) is 0 Å². The summed E-state index contributed by atoms with van der Waals surface area (Å²) < 4.78 is 0. The van der Waals surface area contributed by atoms with Crippen molar-refractivity contribution in [3.8, 4) is 0 Å². The van der Waals surface area contributed by atoms with Crippen LogP contribution in [0, 0.1) is 0 Å². The van der Waals surface area contributed by atoms with Crippen LogP contribution < -0.4 is 16.0 Å². The lowest BCUT2D eigenvalue weighted by molar-refractivity contribution is 0.0954. The van der Waals surface area contributed by atoms with Crippen molar-refractivity contribution >= 4 is 11.8 Å². The van der Waals surface area contributed by atoms with Crippen LogP contribution in [-0.4, -0.2) is 38.5 Å². The van der Waals surface area contributed by atoms with Gasteiger partial charge in [-0.1, -0.05) is 13.0 Å². The van der Waals surface area contributed by atoms with Crippen LogP contribution in [0.2, 0.25) is 0 Å². The van der Waals surface area contributed by atoms with Crippen molar-refractivity contribution in [2.45, 2.75) is 6.92 Å². The van der Waals surface area contributed by atoms with Crippen molar-refractivity contribution in [2.24, 2.45) is 0 Å². The highest BCUT2D eigenvalue weighted by molar-refractivity contribution is 5.99. The first kappa shape index (κ1) is 14.2. The summed E-state index contributed by atoms with van der Waals surface area (Å²) in [6, 6.07) is 6.65. The molecule has 1 aromatic carbocycles. The molecule has 2 amide bonds. The zero-order chi connectivity index (χ0) is 13.4.